The molecule has 5 heteroatoms. The minimum atomic E-state index is 0.619. The fraction of sp³-hybridized carbons (Fsp3) is 0.300. The van der Waals surface area contributed by atoms with Crippen molar-refractivity contribution in [2.75, 3.05) is 26.2 Å². The topological polar surface area (TPSA) is 19.7 Å². The number of piperazine rings is 1. The van der Waals surface area contributed by atoms with Gasteiger partial charge in [0.1, 0.15) is 6.54 Å². The van der Waals surface area contributed by atoms with E-state index in [0.29, 0.717) is 10.0 Å². The van der Waals surface area contributed by atoms with E-state index in [0.717, 1.165) is 44.0 Å². The Morgan fingerprint density at radius 3 is 2.44 bits per heavy atom. The highest BCUT2D eigenvalue weighted by Gasteiger charge is 2.20. The van der Waals surface area contributed by atoms with Crippen molar-refractivity contribution in [1.82, 2.24) is 10.4 Å². The minimum Gasteiger partial charge on any atom is -0.329 e. The number of hydrogen-bond donors (Lipinski definition) is 2. The van der Waals surface area contributed by atoms with Gasteiger partial charge in [-0.05, 0) is 25.1 Å². The summed E-state index contributed by atoms with van der Waals surface area (Å²) >= 11 is 12.2. The number of nitrogens with one attached hydrogen (secondary N) is 2. The Hall–Kier alpha value is -1.52. The van der Waals surface area contributed by atoms with Crippen LogP contribution in [0.2, 0.25) is 10.0 Å². The average molecular weight is 377 g/mol. The van der Waals surface area contributed by atoms with Gasteiger partial charge in [0.05, 0.1) is 36.9 Å². The van der Waals surface area contributed by atoms with Crippen molar-refractivity contribution >= 4 is 28.9 Å². The molecule has 2 aromatic rings. The summed E-state index contributed by atoms with van der Waals surface area (Å²) in [6.07, 6.45) is 0. The Morgan fingerprint density at radius 1 is 1.12 bits per heavy atom. The first-order chi connectivity index (χ1) is 12.0. The zero-order valence-corrected chi connectivity index (χ0v) is 16.0. The molecule has 0 aliphatic carbocycles. The monoisotopic (exact) mass is 376 g/mol. The molecule has 2 aromatic carbocycles. The molecule has 0 atom stereocenters. The zero-order chi connectivity index (χ0) is 17.8. The number of nitrogens with zero attached hydrogens (tertiary/aromatic N) is 1. The Kier molecular flexibility index (Phi) is 6.02. The molecule has 2 N–H and O–H groups in total. The Labute approximate surface area is 159 Å². The summed E-state index contributed by atoms with van der Waals surface area (Å²) in [6, 6.07) is 14.3. The predicted octanol–water partition coefficient (Wildman–Crippen LogP) is 3.18. The maximum atomic E-state index is 6.26. The molecule has 1 saturated heterocycles. The van der Waals surface area contributed by atoms with Crippen molar-refractivity contribution in [3.05, 3.63) is 75.8 Å². The van der Waals surface area contributed by atoms with Gasteiger partial charge in [0.2, 0.25) is 0 Å². The summed E-state index contributed by atoms with van der Waals surface area (Å²) in [5, 5.41) is 3.47. The highest BCUT2D eigenvalue weighted by molar-refractivity contribution is 6.35. The van der Waals surface area contributed by atoms with E-state index >= 15 is 0 Å². The molecule has 0 aromatic heterocycles. The molecule has 3 nitrogen and oxygen atoms in total. The lowest BCUT2D eigenvalue weighted by Crippen LogP contribution is -3.13. The van der Waals surface area contributed by atoms with Crippen LogP contribution in [0.4, 0.5) is 0 Å². The van der Waals surface area contributed by atoms with Gasteiger partial charge < -0.3 is 10.3 Å². The van der Waals surface area contributed by atoms with Crippen LogP contribution in [0.1, 0.15) is 16.7 Å². The third-order valence-electron chi connectivity index (χ3n) is 4.59. The predicted molar refractivity (Wildman–Crippen MR) is 106 cm³/mol. The standard InChI is InChI=1S/C20H23Cl2N3/c1-15-3-5-17(6-4-15)14-24-9-11-25(12-10-24)23-16(2)19-8-7-18(21)13-20(19)22/h3-8,13,23H,2,9-12,14H2,1H3/p+1. The summed E-state index contributed by atoms with van der Waals surface area (Å²) < 4.78 is 0. The van der Waals surface area contributed by atoms with Gasteiger partial charge in [0.25, 0.3) is 0 Å². The molecule has 25 heavy (non-hydrogen) atoms. The molecule has 0 saturated carbocycles. The number of benzene rings is 2. The van der Waals surface area contributed by atoms with Gasteiger partial charge in [-0.15, -0.1) is 0 Å². The van der Waals surface area contributed by atoms with Crippen molar-refractivity contribution in [2.45, 2.75) is 13.5 Å². The van der Waals surface area contributed by atoms with Crippen LogP contribution in [0, 0.1) is 6.92 Å². The fourth-order valence-electron chi connectivity index (χ4n) is 3.09. The first-order valence-corrected chi connectivity index (χ1v) is 9.32. The molecule has 1 aliphatic heterocycles. The Balaban J connectivity index is 1.50. The quantitative estimate of drug-likeness (QED) is 0.835. The summed E-state index contributed by atoms with van der Waals surface area (Å²) in [7, 11) is 0. The summed E-state index contributed by atoms with van der Waals surface area (Å²) in [5.41, 5.74) is 7.80. The number of quaternary nitrogens is 1. The van der Waals surface area contributed by atoms with Crippen molar-refractivity contribution in [3.8, 4) is 0 Å². The number of halogens is 2. The molecule has 0 bridgehead atoms. The maximum absolute atomic E-state index is 6.26. The lowest BCUT2D eigenvalue weighted by atomic mass is 10.1. The van der Waals surface area contributed by atoms with Crippen LogP contribution in [0.15, 0.2) is 49.0 Å². The smallest absolute Gasteiger partial charge is 0.103 e. The van der Waals surface area contributed by atoms with Crippen LogP contribution < -0.4 is 10.3 Å². The fourth-order valence-corrected chi connectivity index (χ4v) is 3.61. The zero-order valence-electron chi connectivity index (χ0n) is 14.5. The Bertz CT molecular complexity index is 735. The van der Waals surface area contributed by atoms with E-state index in [4.69, 9.17) is 23.2 Å². The van der Waals surface area contributed by atoms with Crippen molar-refractivity contribution in [1.29, 1.82) is 0 Å². The van der Waals surface area contributed by atoms with E-state index in [1.165, 1.54) is 11.1 Å². The van der Waals surface area contributed by atoms with E-state index in [9.17, 15) is 0 Å². The van der Waals surface area contributed by atoms with Crippen molar-refractivity contribution in [3.63, 3.8) is 0 Å². The first kappa shape index (κ1) is 18.3. The largest absolute Gasteiger partial charge is 0.329 e. The summed E-state index contributed by atoms with van der Waals surface area (Å²) in [4.78, 5) is 1.61. The van der Waals surface area contributed by atoms with Gasteiger partial charge in [-0.2, -0.15) is 0 Å². The van der Waals surface area contributed by atoms with E-state index in [-0.39, 0.29) is 0 Å². The van der Waals surface area contributed by atoms with E-state index < -0.39 is 0 Å². The van der Waals surface area contributed by atoms with Crippen LogP contribution in [0.5, 0.6) is 0 Å². The molecular formula is C20H24Cl2N3+. The van der Waals surface area contributed by atoms with Gasteiger partial charge >= 0.3 is 0 Å². The van der Waals surface area contributed by atoms with Gasteiger partial charge in [-0.3, -0.25) is 0 Å². The van der Waals surface area contributed by atoms with Gasteiger partial charge in [0, 0.05) is 16.1 Å². The van der Waals surface area contributed by atoms with Crippen molar-refractivity contribution in [2.24, 2.45) is 0 Å². The van der Waals surface area contributed by atoms with Gasteiger partial charge in [-0.1, -0.05) is 59.6 Å². The lowest BCUT2D eigenvalue weighted by Gasteiger charge is -2.33. The molecule has 132 valence electrons. The van der Waals surface area contributed by atoms with Crippen molar-refractivity contribution < 1.29 is 4.90 Å². The maximum Gasteiger partial charge on any atom is 0.103 e. The second-order valence-electron chi connectivity index (χ2n) is 6.61. The third kappa shape index (κ3) is 4.99. The van der Waals surface area contributed by atoms with E-state index in [2.05, 4.69) is 48.2 Å². The molecular weight excluding hydrogens is 353 g/mol. The van der Waals surface area contributed by atoms with Crippen LogP contribution >= 0.6 is 23.2 Å². The molecule has 1 fully saturated rings. The first-order valence-electron chi connectivity index (χ1n) is 8.56. The molecule has 0 radical (unpaired) electrons. The molecule has 0 unspecified atom stereocenters. The number of hydrogen-bond acceptors (Lipinski definition) is 2. The Morgan fingerprint density at radius 2 is 1.80 bits per heavy atom. The van der Waals surface area contributed by atoms with Gasteiger partial charge in [-0.25, -0.2) is 5.01 Å². The third-order valence-corrected chi connectivity index (χ3v) is 5.14. The number of rotatable bonds is 5. The number of hydrazine groups is 1. The molecule has 0 spiro atoms. The van der Waals surface area contributed by atoms with Crippen LogP contribution in [-0.2, 0) is 6.54 Å². The molecule has 3 rings (SSSR count). The highest BCUT2D eigenvalue weighted by Crippen LogP contribution is 2.25. The van der Waals surface area contributed by atoms with Gasteiger partial charge in [0.15, 0.2) is 0 Å². The molecule has 1 heterocycles. The second-order valence-corrected chi connectivity index (χ2v) is 7.46. The van der Waals surface area contributed by atoms with Crippen LogP contribution in [-0.4, -0.2) is 31.2 Å². The lowest BCUT2D eigenvalue weighted by molar-refractivity contribution is -0.918. The molecule has 1 aliphatic rings. The van der Waals surface area contributed by atoms with E-state index in [1.54, 1.807) is 11.0 Å². The highest BCUT2D eigenvalue weighted by atomic mass is 35.5. The van der Waals surface area contributed by atoms with Crippen LogP contribution in [0.3, 0.4) is 0 Å². The summed E-state index contributed by atoms with van der Waals surface area (Å²) in [6.45, 7) is 11.5. The summed E-state index contributed by atoms with van der Waals surface area (Å²) in [5.74, 6) is 0. The van der Waals surface area contributed by atoms with E-state index in [1.807, 2.05) is 12.1 Å². The normalized spacial score (nSPS) is 16.0. The average Bonchev–Trinajstić information content (AvgIpc) is 2.58. The number of aryl methyl sites for hydroxylation is 1. The SMILES string of the molecule is C=C(NN1CC[NH+](Cc2ccc(C)cc2)CC1)c1ccc(Cl)cc1Cl. The molecule has 0 amide bonds. The second kappa shape index (κ2) is 8.24. The minimum absolute atomic E-state index is 0.619. The van der Waals surface area contributed by atoms with Crippen LogP contribution in [0.25, 0.3) is 5.70 Å².